The van der Waals surface area contributed by atoms with Crippen molar-refractivity contribution in [2.24, 2.45) is 5.92 Å². The van der Waals surface area contributed by atoms with E-state index in [0.717, 1.165) is 12.8 Å². The van der Waals surface area contributed by atoms with E-state index in [2.05, 4.69) is 0 Å². The smallest absolute Gasteiger partial charge is 0.360 e. The lowest BCUT2D eigenvalue weighted by atomic mass is 9.85. The molecule has 6 nitrogen and oxygen atoms in total. The van der Waals surface area contributed by atoms with Crippen LogP contribution in [0.3, 0.4) is 0 Å². The Balaban J connectivity index is 1.33. The summed E-state index contributed by atoms with van der Waals surface area (Å²) in [6.07, 6.45) is 7.29. The van der Waals surface area contributed by atoms with Gasteiger partial charge in [0.1, 0.15) is 6.10 Å². The fourth-order valence-corrected chi connectivity index (χ4v) is 7.40. The molecule has 4 aliphatic heterocycles. The summed E-state index contributed by atoms with van der Waals surface area (Å²) in [7, 11) is 0. The average molecular weight is 491 g/mol. The van der Waals surface area contributed by atoms with Crippen molar-refractivity contribution in [1.29, 1.82) is 0 Å². The maximum atomic E-state index is 14.3. The number of hydrogen-bond donors (Lipinski definition) is 0. The Bertz CT molecular complexity index is 1020. The van der Waals surface area contributed by atoms with Gasteiger partial charge in [0.2, 0.25) is 0 Å². The summed E-state index contributed by atoms with van der Waals surface area (Å²) in [6.45, 7) is 3.39. The SMILES string of the molecule is O=C(OC(C(=O)OC1CC2CCC(C1)[N+]21CCCC1)(c1ccccc1)c1ccccc1)[C@@H]1CCOC1. The third kappa shape index (κ3) is 3.95. The van der Waals surface area contributed by atoms with Gasteiger partial charge >= 0.3 is 11.9 Å². The Morgan fingerprint density at radius 1 is 0.833 bits per heavy atom. The van der Waals surface area contributed by atoms with Gasteiger partial charge in [-0.15, -0.1) is 0 Å². The molecule has 2 aromatic rings. The second kappa shape index (κ2) is 9.64. The number of nitrogens with zero attached hydrogens (tertiary/aromatic N) is 1. The summed E-state index contributed by atoms with van der Waals surface area (Å²) < 4.78 is 19.3. The molecule has 0 radical (unpaired) electrons. The first-order valence-corrected chi connectivity index (χ1v) is 13.6. The van der Waals surface area contributed by atoms with Crippen LogP contribution in [0.25, 0.3) is 0 Å². The molecule has 1 spiro atoms. The maximum Gasteiger partial charge on any atom is 0.360 e. The van der Waals surface area contributed by atoms with Crippen LogP contribution in [0.1, 0.15) is 56.1 Å². The molecule has 190 valence electrons. The Hall–Kier alpha value is -2.70. The number of carbonyl (C=O) groups is 2. The standard InChI is InChI=1S/C30H36NO5/c32-28(22-15-18-34-21-22)36-30(23-9-3-1-4-10-23,24-11-5-2-6-12-24)29(33)35-27-19-25-13-14-26(20-27)31(25)16-7-8-17-31/h1-6,9-12,22,25-27H,7-8,13-21H2/q+1/t22-,25?,26?,27?/m1/s1. The number of ether oxygens (including phenoxy) is 3. The number of hydrogen-bond acceptors (Lipinski definition) is 5. The normalized spacial score (nSPS) is 28.8. The molecule has 6 heteroatoms. The summed E-state index contributed by atoms with van der Waals surface area (Å²) >= 11 is 0. The van der Waals surface area contributed by atoms with Crippen molar-refractivity contribution >= 4 is 11.9 Å². The summed E-state index contributed by atoms with van der Waals surface area (Å²) in [4.78, 5) is 27.7. The highest BCUT2D eigenvalue weighted by Crippen LogP contribution is 2.47. The molecule has 0 saturated carbocycles. The van der Waals surface area contributed by atoms with E-state index >= 15 is 0 Å². The van der Waals surface area contributed by atoms with E-state index in [4.69, 9.17) is 14.2 Å². The van der Waals surface area contributed by atoms with Crippen LogP contribution in [0.2, 0.25) is 0 Å². The van der Waals surface area contributed by atoms with Crippen molar-refractivity contribution in [2.45, 2.75) is 68.7 Å². The molecule has 0 N–H and O–H groups in total. The number of quaternary nitrogens is 1. The Morgan fingerprint density at radius 3 is 1.94 bits per heavy atom. The van der Waals surface area contributed by atoms with Crippen molar-refractivity contribution in [3.63, 3.8) is 0 Å². The quantitative estimate of drug-likeness (QED) is 0.445. The number of esters is 2. The topological polar surface area (TPSA) is 61.8 Å². The summed E-state index contributed by atoms with van der Waals surface area (Å²) in [5, 5.41) is 0. The van der Waals surface area contributed by atoms with Gasteiger partial charge in [0.25, 0.3) is 5.60 Å². The van der Waals surface area contributed by atoms with E-state index in [1.165, 1.54) is 43.3 Å². The van der Waals surface area contributed by atoms with E-state index in [9.17, 15) is 9.59 Å². The number of rotatable bonds is 6. The minimum Gasteiger partial charge on any atom is -0.458 e. The van der Waals surface area contributed by atoms with E-state index in [1.807, 2.05) is 60.7 Å². The van der Waals surface area contributed by atoms with Gasteiger partial charge in [0.15, 0.2) is 0 Å². The van der Waals surface area contributed by atoms with Gasteiger partial charge in [-0.2, -0.15) is 0 Å². The molecule has 0 aromatic heterocycles. The Morgan fingerprint density at radius 2 is 1.42 bits per heavy atom. The van der Waals surface area contributed by atoms with E-state index in [1.54, 1.807) is 0 Å². The van der Waals surface area contributed by atoms with Crippen LogP contribution in [0.5, 0.6) is 0 Å². The molecule has 0 aliphatic carbocycles. The zero-order valence-electron chi connectivity index (χ0n) is 20.8. The number of benzene rings is 2. The van der Waals surface area contributed by atoms with Crippen molar-refractivity contribution in [3.05, 3.63) is 71.8 Å². The van der Waals surface area contributed by atoms with E-state index < -0.39 is 17.5 Å². The molecular formula is C30H36NO5+. The van der Waals surface area contributed by atoms with Gasteiger partial charge in [-0.05, 0) is 6.42 Å². The van der Waals surface area contributed by atoms with Crippen LogP contribution < -0.4 is 0 Å². The molecular weight excluding hydrogens is 454 g/mol. The lowest BCUT2D eigenvalue weighted by molar-refractivity contribution is -0.956. The highest BCUT2D eigenvalue weighted by atomic mass is 16.6. The number of piperidine rings is 1. The third-order valence-electron chi connectivity index (χ3n) is 9.19. The lowest BCUT2D eigenvalue weighted by Crippen LogP contribution is -2.60. The third-order valence-corrected chi connectivity index (χ3v) is 9.19. The molecule has 2 aromatic carbocycles. The first kappa shape index (κ1) is 23.7. The first-order valence-electron chi connectivity index (χ1n) is 13.6. The zero-order chi connectivity index (χ0) is 24.6. The molecule has 4 heterocycles. The monoisotopic (exact) mass is 490 g/mol. The minimum absolute atomic E-state index is 0.153. The first-order chi connectivity index (χ1) is 17.6. The van der Waals surface area contributed by atoms with E-state index in [-0.39, 0.29) is 12.0 Å². The second-order valence-electron chi connectivity index (χ2n) is 11.0. The van der Waals surface area contributed by atoms with Gasteiger partial charge in [-0.3, -0.25) is 4.79 Å². The Kier molecular flexibility index (Phi) is 6.34. The van der Waals surface area contributed by atoms with Crippen molar-refractivity contribution in [3.8, 4) is 0 Å². The van der Waals surface area contributed by atoms with Gasteiger partial charge in [-0.1, -0.05) is 60.7 Å². The van der Waals surface area contributed by atoms with Crippen molar-refractivity contribution < 1.29 is 28.3 Å². The average Bonchev–Trinajstić information content (AvgIpc) is 3.66. The van der Waals surface area contributed by atoms with Gasteiger partial charge in [-0.25, -0.2) is 4.79 Å². The van der Waals surface area contributed by atoms with Crippen LogP contribution in [-0.2, 0) is 29.4 Å². The Labute approximate surface area is 213 Å². The molecule has 3 atom stereocenters. The second-order valence-corrected chi connectivity index (χ2v) is 11.0. The minimum atomic E-state index is -1.65. The van der Waals surface area contributed by atoms with Crippen LogP contribution in [0.4, 0.5) is 0 Å². The van der Waals surface area contributed by atoms with Gasteiger partial charge < -0.3 is 18.7 Å². The van der Waals surface area contributed by atoms with Gasteiger partial charge in [0, 0.05) is 56.3 Å². The zero-order valence-corrected chi connectivity index (χ0v) is 20.8. The summed E-state index contributed by atoms with van der Waals surface area (Å²) in [5.41, 5.74) is -0.441. The maximum absolute atomic E-state index is 14.3. The molecule has 4 aliphatic rings. The number of carbonyl (C=O) groups excluding carboxylic acids is 2. The molecule has 2 unspecified atom stereocenters. The van der Waals surface area contributed by atoms with Crippen LogP contribution >= 0.6 is 0 Å². The summed E-state index contributed by atoms with van der Waals surface area (Å²) in [5.74, 6) is -1.29. The molecule has 2 bridgehead atoms. The van der Waals surface area contributed by atoms with Gasteiger partial charge in [0.05, 0.1) is 37.7 Å². The fraction of sp³-hybridized carbons (Fsp3) is 0.533. The van der Waals surface area contributed by atoms with Crippen LogP contribution in [0.15, 0.2) is 60.7 Å². The van der Waals surface area contributed by atoms with Crippen molar-refractivity contribution in [1.82, 2.24) is 0 Å². The van der Waals surface area contributed by atoms with Crippen LogP contribution in [-0.4, -0.2) is 60.9 Å². The van der Waals surface area contributed by atoms with Crippen LogP contribution in [0, 0.1) is 5.92 Å². The predicted octanol–water partition coefficient (Wildman–Crippen LogP) is 4.36. The van der Waals surface area contributed by atoms with Crippen molar-refractivity contribution in [2.75, 3.05) is 26.3 Å². The molecule has 6 rings (SSSR count). The molecule has 0 amide bonds. The van der Waals surface area contributed by atoms with E-state index in [0.29, 0.717) is 42.8 Å². The highest BCUT2D eigenvalue weighted by Gasteiger charge is 2.57. The molecule has 4 fully saturated rings. The highest BCUT2D eigenvalue weighted by molar-refractivity contribution is 5.89. The predicted molar refractivity (Wildman–Crippen MR) is 134 cm³/mol. The molecule has 4 saturated heterocycles. The molecule has 36 heavy (non-hydrogen) atoms. The fourth-order valence-electron chi connectivity index (χ4n) is 7.40. The largest absolute Gasteiger partial charge is 0.458 e. The summed E-state index contributed by atoms with van der Waals surface area (Å²) in [6, 6.07) is 19.8. The lowest BCUT2D eigenvalue weighted by Gasteiger charge is -2.47.